The summed E-state index contributed by atoms with van der Waals surface area (Å²) in [6.07, 6.45) is 1.53. The van der Waals surface area contributed by atoms with E-state index in [1.165, 1.54) is 13.2 Å². The SMILES string of the molecule is COC(=O)/C=C(/C)C(C)(C)C. The lowest BCUT2D eigenvalue weighted by Gasteiger charge is -2.18. The van der Waals surface area contributed by atoms with Gasteiger partial charge in [0.1, 0.15) is 0 Å². The maximum Gasteiger partial charge on any atom is 0.330 e. The van der Waals surface area contributed by atoms with E-state index in [0.29, 0.717) is 0 Å². The van der Waals surface area contributed by atoms with E-state index in [-0.39, 0.29) is 11.4 Å². The molecule has 0 bridgehead atoms. The lowest BCUT2D eigenvalue weighted by Crippen LogP contribution is -2.09. The summed E-state index contributed by atoms with van der Waals surface area (Å²) < 4.78 is 4.50. The molecule has 0 unspecified atom stereocenters. The molecule has 0 atom stereocenters. The van der Waals surface area contributed by atoms with Gasteiger partial charge in [-0.25, -0.2) is 4.79 Å². The molecule has 0 N–H and O–H groups in total. The van der Waals surface area contributed by atoms with Crippen molar-refractivity contribution in [3.8, 4) is 0 Å². The molecule has 0 aliphatic rings. The summed E-state index contributed by atoms with van der Waals surface area (Å²) in [5.41, 5.74) is 1.08. The molecule has 0 heterocycles. The second-order valence-electron chi connectivity index (χ2n) is 3.60. The van der Waals surface area contributed by atoms with Crippen LogP contribution in [0.3, 0.4) is 0 Å². The number of carbonyl (C=O) groups excluding carboxylic acids is 1. The summed E-state index contributed by atoms with van der Waals surface area (Å²) in [6, 6.07) is 0. The van der Waals surface area contributed by atoms with Gasteiger partial charge in [0.15, 0.2) is 0 Å². The van der Waals surface area contributed by atoms with Gasteiger partial charge in [-0.2, -0.15) is 0 Å². The maximum atomic E-state index is 10.8. The van der Waals surface area contributed by atoms with Crippen molar-refractivity contribution >= 4 is 5.97 Å². The Morgan fingerprint density at radius 3 is 2.09 bits per heavy atom. The molecule has 0 aromatic carbocycles. The molecular weight excluding hydrogens is 140 g/mol. The number of allylic oxidation sites excluding steroid dienone is 1. The van der Waals surface area contributed by atoms with Crippen LogP contribution in [-0.4, -0.2) is 13.1 Å². The van der Waals surface area contributed by atoms with E-state index in [2.05, 4.69) is 25.5 Å². The van der Waals surface area contributed by atoms with Crippen molar-refractivity contribution in [2.24, 2.45) is 5.41 Å². The molecule has 0 aliphatic heterocycles. The summed E-state index contributed by atoms with van der Waals surface area (Å²) in [6.45, 7) is 8.10. The third-order valence-corrected chi connectivity index (χ3v) is 1.72. The summed E-state index contributed by atoms with van der Waals surface area (Å²) in [5.74, 6) is -0.280. The number of ether oxygens (including phenoxy) is 1. The fourth-order valence-corrected chi connectivity index (χ4v) is 0.452. The number of hydrogen-bond donors (Lipinski definition) is 0. The number of esters is 1. The van der Waals surface area contributed by atoms with Gasteiger partial charge in [0.2, 0.25) is 0 Å². The van der Waals surface area contributed by atoms with Gasteiger partial charge in [0.25, 0.3) is 0 Å². The summed E-state index contributed by atoms with van der Waals surface area (Å²) >= 11 is 0. The minimum Gasteiger partial charge on any atom is -0.466 e. The van der Waals surface area contributed by atoms with Crippen LogP contribution in [0.15, 0.2) is 11.6 Å². The van der Waals surface area contributed by atoms with Gasteiger partial charge in [-0.3, -0.25) is 0 Å². The molecule has 0 saturated carbocycles. The highest BCUT2D eigenvalue weighted by Crippen LogP contribution is 2.23. The predicted molar refractivity (Wildman–Crippen MR) is 45.2 cm³/mol. The Hall–Kier alpha value is -0.790. The fraction of sp³-hybridized carbons (Fsp3) is 0.667. The number of rotatable bonds is 1. The zero-order valence-corrected chi connectivity index (χ0v) is 7.89. The van der Waals surface area contributed by atoms with Crippen LogP contribution in [0.4, 0.5) is 0 Å². The van der Waals surface area contributed by atoms with Gasteiger partial charge in [-0.05, 0) is 12.3 Å². The van der Waals surface area contributed by atoms with E-state index >= 15 is 0 Å². The Morgan fingerprint density at radius 1 is 1.36 bits per heavy atom. The van der Waals surface area contributed by atoms with Gasteiger partial charge in [-0.1, -0.05) is 26.3 Å². The van der Waals surface area contributed by atoms with Crippen molar-refractivity contribution < 1.29 is 9.53 Å². The molecular formula is C9H16O2. The molecule has 0 spiro atoms. The third-order valence-electron chi connectivity index (χ3n) is 1.72. The Labute approximate surface area is 68.2 Å². The number of hydrogen-bond acceptors (Lipinski definition) is 2. The topological polar surface area (TPSA) is 26.3 Å². The van der Waals surface area contributed by atoms with E-state index in [0.717, 1.165) is 5.57 Å². The van der Waals surface area contributed by atoms with Crippen LogP contribution in [-0.2, 0) is 9.53 Å². The quantitative estimate of drug-likeness (QED) is 0.429. The van der Waals surface area contributed by atoms with Crippen LogP contribution < -0.4 is 0 Å². The van der Waals surface area contributed by atoms with Crippen LogP contribution in [0.5, 0.6) is 0 Å². The molecule has 0 aromatic heterocycles. The second kappa shape index (κ2) is 3.56. The van der Waals surface area contributed by atoms with Crippen molar-refractivity contribution in [1.82, 2.24) is 0 Å². The Bertz CT molecular complexity index is 172. The van der Waals surface area contributed by atoms with Gasteiger partial charge in [0, 0.05) is 6.08 Å². The van der Waals surface area contributed by atoms with Crippen LogP contribution >= 0.6 is 0 Å². The van der Waals surface area contributed by atoms with Crippen molar-refractivity contribution in [2.75, 3.05) is 7.11 Å². The molecule has 64 valence electrons. The van der Waals surface area contributed by atoms with Crippen LogP contribution in [0.1, 0.15) is 27.7 Å². The Morgan fingerprint density at radius 2 is 1.82 bits per heavy atom. The number of carbonyl (C=O) groups is 1. The van der Waals surface area contributed by atoms with Gasteiger partial charge >= 0.3 is 5.97 Å². The monoisotopic (exact) mass is 156 g/mol. The first-order valence-corrected chi connectivity index (χ1v) is 3.64. The first-order chi connectivity index (χ1) is 4.88. The van der Waals surface area contributed by atoms with E-state index in [1.54, 1.807) is 0 Å². The molecule has 0 aromatic rings. The lowest BCUT2D eigenvalue weighted by molar-refractivity contribution is -0.134. The van der Waals surface area contributed by atoms with E-state index in [4.69, 9.17) is 0 Å². The predicted octanol–water partition coefficient (Wildman–Crippen LogP) is 2.15. The van der Waals surface area contributed by atoms with E-state index < -0.39 is 0 Å². The molecule has 0 amide bonds. The van der Waals surface area contributed by atoms with Crippen molar-refractivity contribution in [1.29, 1.82) is 0 Å². The smallest absolute Gasteiger partial charge is 0.330 e. The standard InChI is InChI=1S/C9H16O2/c1-7(9(2,3)4)6-8(10)11-5/h6H,1-5H3/b7-6-. The van der Waals surface area contributed by atoms with Crippen molar-refractivity contribution in [3.05, 3.63) is 11.6 Å². The minimum absolute atomic E-state index is 0.0498. The Kier molecular flexibility index (Phi) is 3.30. The molecule has 0 radical (unpaired) electrons. The van der Waals surface area contributed by atoms with Gasteiger partial charge in [0.05, 0.1) is 7.11 Å². The summed E-state index contributed by atoms with van der Waals surface area (Å²) in [5, 5.41) is 0. The zero-order valence-electron chi connectivity index (χ0n) is 7.89. The zero-order chi connectivity index (χ0) is 9.07. The van der Waals surface area contributed by atoms with Crippen LogP contribution in [0.25, 0.3) is 0 Å². The molecule has 0 fully saturated rings. The highest BCUT2D eigenvalue weighted by molar-refractivity contribution is 5.82. The highest BCUT2D eigenvalue weighted by Gasteiger charge is 2.13. The normalized spacial score (nSPS) is 13.0. The number of methoxy groups -OCH3 is 1. The van der Waals surface area contributed by atoms with Crippen molar-refractivity contribution in [3.63, 3.8) is 0 Å². The summed E-state index contributed by atoms with van der Waals surface area (Å²) in [4.78, 5) is 10.8. The maximum absolute atomic E-state index is 10.8. The molecule has 0 aliphatic carbocycles. The molecule has 11 heavy (non-hydrogen) atoms. The summed E-state index contributed by atoms with van der Waals surface area (Å²) in [7, 11) is 1.38. The second-order valence-corrected chi connectivity index (χ2v) is 3.60. The average molecular weight is 156 g/mol. The largest absolute Gasteiger partial charge is 0.466 e. The average Bonchev–Trinajstić information content (AvgIpc) is 1.85. The first-order valence-electron chi connectivity index (χ1n) is 3.64. The molecule has 0 rings (SSSR count). The minimum atomic E-state index is -0.280. The molecule has 0 saturated heterocycles. The highest BCUT2D eigenvalue weighted by atomic mass is 16.5. The van der Waals surface area contributed by atoms with E-state index in [1.807, 2.05) is 6.92 Å². The van der Waals surface area contributed by atoms with Gasteiger partial charge < -0.3 is 4.74 Å². The van der Waals surface area contributed by atoms with E-state index in [9.17, 15) is 4.79 Å². The third kappa shape index (κ3) is 3.81. The first kappa shape index (κ1) is 10.2. The fourth-order valence-electron chi connectivity index (χ4n) is 0.452. The lowest BCUT2D eigenvalue weighted by atomic mass is 9.87. The van der Waals surface area contributed by atoms with Crippen LogP contribution in [0, 0.1) is 5.41 Å². The van der Waals surface area contributed by atoms with Crippen molar-refractivity contribution in [2.45, 2.75) is 27.7 Å². The molecule has 2 nitrogen and oxygen atoms in total. The van der Waals surface area contributed by atoms with Crippen LogP contribution in [0.2, 0.25) is 0 Å². The van der Waals surface area contributed by atoms with Gasteiger partial charge in [-0.15, -0.1) is 0 Å². The molecule has 2 heteroatoms. The Balaban J connectivity index is 4.35.